The quantitative estimate of drug-likeness (QED) is 0.636. The van der Waals surface area contributed by atoms with E-state index in [-0.39, 0.29) is 17.6 Å². The Kier molecular flexibility index (Phi) is 6.50. The Bertz CT molecular complexity index is 1120. The van der Waals surface area contributed by atoms with Crippen molar-refractivity contribution in [3.8, 4) is 0 Å². The highest BCUT2D eigenvalue weighted by Crippen LogP contribution is 2.27. The lowest BCUT2D eigenvalue weighted by molar-refractivity contribution is -0.0257. The number of nitrogens with one attached hydrogen (secondary N) is 1. The topological polar surface area (TPSA) is 97.6 Å². The van der Waals surface area contributed by atoms with Crippen LogP contribution in [0.25, 0.3) is 10.9 Å². The number of fused-ring (bicyclic) bond motifs is 1. The van der Waals surface area contributed by atoms with Gasteiger partial charge in [-0.15, -0.1) is 0 Å². The minimum absolute atomic E-state index is 0.143. The van der Waals surface area contributed by atoms with Crippen molar-refractivity contribution in [1.82, 2.24) is 20.4 Å². The van der Waals surface area contributed by atoms with Gasteiger partial charge in [0.25, 0.3) is 11.8 Å². The zero-order valence-electron chi connectivity index (χ0n) is 18.6. The van der Waals surface area contributed by atoms with E-state index in [1.54, 1.807) is 17.0 Å². The Balaban J connectivity index is 1.60. The number of aryl methyl sites for hydroxylation is 1. The molecule has 3 aromatic rings. The molecule has 8 nitrogen and oxygen atoms in total. The summed E-state index contributed by atoms with van der Waals surface area (Å²) in [7, 11) is 0. The van der Waals surface area contributed by atoms with Crippen LogP contribution in [0.4, 0.5) is 0 Å². The molecule has 0 spiro atoms. The minimum Gasteiger partial charge on any atom is -0.368 e. The predicted octanol–water partition coefficient (Wildman–Crippen LogP) is 3.38. The Labute approximate surface area is 186 Å². The molecule has 0 saturated carbocycles. The van der Waals surface area contributed by atoms with Crippen molar-refractivity contribution in [3.63, 3.8) is 0 Å². The van der Waals surface area contributed by atoms with Gasteiger partial charge in [-0.05, 0) is 24.5 Å². The van der Waals surface area contributed by atoms with Crippen LogP contribution >= 0.6 is 0 Å². The van der Waals surface area contributed by atoms with Gasteiger partial charge in [-0.2, -0.15) is 0 Å². The fraction of sp³-hybridized carbons (Fsp3) is 0.417. The first kappa shape index (κ1) is 22.0. The van der Waals surface area contributed by atoms with Crippen LogP contribution in [0.2, 0.25) is 0 Å². The molecular formula is C24H28N4O4. The lowest BCUT2D eigenvalue weighted by Gasteiger charge is -2.32. The van der Waals surface area contributed by atoms with E-state index in [0.717, 1.165) is 16.6 Å². The predicted molar refractivity (Wildman–Crippen MR) is 119 cm³/mol. The number of amides is 2. The van der Waals surface area contributed by atoms with E-state index >= 15 is 0 Å². The van der Waals surface area contributed by atoms with Crippen molar-refractivity contribution in [2.24, 2.45) is 5.92 Å². The summed E-state index contributed by atoms with van der Waals surface area (Å²) in [6, 6.07) is 11.0. The van der Waals surface area contributed by atoms with E-state index in [9.17, 15) is 9.59 Å². The van der Waals surface area contributed by atoms with Gasteiger partial charge < -0.3 is 19.5 Å². The van der Waals surface area contributed by atoms with Crippen LogP contribution in [0, 0.1) is 5.92 Å². The zero-order chi connectivity index (χ0) is 22.7. The average Bonchev–Trinajstić information content (AvgIpc) is 3.30. The first-order valence-corrected chi connectivity index (χ1v) is 11.0. The molecule has 1 aliphatic rings. The molecule has 0 radical (unpaired) electrons. The van der Waals surface area contributed by atoms with E-state index < -0.39 is 6.10 Å². The van der Waals surface area contributed by atoms with Crippen molar-refractivity contribution in [2.45, 2.75) is 33.3 Å². The standard InChI is InChI=1S/C24H28N4O4/c1-4-16-11-21(32-27-16)24(30)28-9-10-31-22(14-28)20-12-18(23(29)25-13-15(2)3)17-7-5-6-8-19(17)26-20/h5-8,11-12,15,22H,4,9-10,13-14H2,1-3H3,(H,25,29)/t22-/m1/s1. The molecule has 32 heavy (non-hydrogen) atoms. The van der Waals surface area contributed by atoms with Crippen LogP contribution in [-0.2, 0) is 11.2 Å². The number of carbonyl (C=O) groups excluding carboxylic acids is 2. The average molecular weight is 437 g/mol. The number of carbonyl (C=O) groups is 2. The third kappa shape index (κ3) is 4.65. The number of ether oxygens (including phenoxy) is 1. The lowest BCUT2D eigenvalue weighted by Crippen LogP contribution is -2.42. The minimum atomic E-state index is -0.442. The van der Waals surface area contributed by atoms with Crippen LogP contribution in [0.3, 0.4) is 0 Å². The van der Waals surface area contributed by atoms with Gasteiger partial charge in [0.2, 0.25) is 5.76 Å². The second kappa shape index (κ2) is 9.48. The maximum atomic E-state index is 12.9. The summed E-state index contributed by atoms with van der Waals surface area (Å²) in [5.74, 6) is 0.206. The summed E-state index contributed by atoms with van der Waals surface area (Å²) < 4.78 is 11.2. The number of rotatable bonds is 6. The van der Waals surface area contributed by atoms with Gasteiger partial charge in [0.05, 0.1) is 35.6 Å². The molecule has 1 atom stereocenters. The van der Waals surface area contributed by atoms with Gasteiger partial charge in [0.15, 0.2) is 0 Å². The van der Waals surface area contributed by atoms with E-state index in [4.69, 9.17) is 14.2 Å². The van der Waals surface area contributed by atoms with E-state index in [1.807, 2.05) is 31.2 Å². The van der Waals surface area contributed by atoms with Crippen molar-refractivity contribution < 1.29 is 18.8 Å². The number of hydrogen-bond acceptors (Lipinski definition) is 6. The molecule has 8 heteroatoms. The normalized spacial score (nSPS) is 16.5. The highest BCUT2D eigenvalue weighted by atomic mass is 16.5. The second-order valence-corrected chi connectivity index (χ2v) is 8.36. The van der Waals surface area contributed by atoms with Crippen molar-refractivity contribution in [2.75, 3.05) is 26.2 Å². The van der Waals surface area contributed by atoms with E-state index in [1.165, 1.54) is 0 Å². The summed E-state index contributed by atoms with van der Waals surface area (Å²) in [4.78, 5) is 32.2. The number of para-hydroxylation sites is 1. The fourth-order valence-corrected chi connectivity index (χ4v) is 3.69. The first-order chi connectivity index (χ1) is 15.5. The van der Waals surface area contributed by atoms with E-state index in [2.05, 4.69) is 24.3 Å². The molecule has 2 aromatic heterocycles. The third-order valence-electron chi connectivity index (χ3n) is 5.47. The first-order valence-electron chi connectivity index (χ1n) is 11.0. The molecular weight excluding hydrogens is 408 g/mol. The third-order valence-corrected chi connectivity index (χ3v) is 5.47. The molecule has 0 unspecified atom stereocenters. The molecule has 1 saturated heterocycles. The van der Waals surface area contributed by atoms with Gasteiger partial charge in [0, 0.05) is 24.5 Å². The second-order valence-electron chi connectivity index (χ2n) is 8.36. The number of benzene rings is 1. The van der Waals surface area contributed by atoms with Gasteiger partial charge in [-0.1, -0.05) is 44.1 Å². The van der Waals surface area contributed by atoms with Gasteiger partial charge in [-0.3, -0.25) is 9.59 Å². The maximum absolute atomic E-state index is 12.9. The highest BCUT2D eigenvalue weighted by Gasteiger charge is 2.30. The molecule has 1 aliphatic heterocycles. The number of hydrogen-bond donors (Lipinski definition) is 1. The van der Waals surface area contributed by atoms with Crippen molar-refractivity contribution >= 4 is 22.7 Å². The number of nitrogens with zero attached hydrogens (tertiary/aromatic N) is 3. The molecule has 4 rings (SSSR count). The lowest BCUT2D eigenvalue weighted by atomic mass is 10.0. The van der Waals surface area contributed by atoms with Crippen molar-refractivity contribution in [1.29, 1.82) is 0 Å². The molecule has 1 aromatic carbocycles. The SMILES string of the molecule is CCc1cc(C(=O)N2CCO[C@@H](c3cc(C(=O)NCC(C)C)c4ccccc4n3)C2)on1. The van der Waals surface area contributed by atoms with Crippen LogP contribution in [-0.4, -0.2) is 53.1 Å². The Hall–Kier alpha value is -3.26. The highest BCUT2D eigenvalue weighted by molar-refractivity contribution is 6.06. The molecule has 1 N–H and O–H groups in total. The van der Waals surface area contributed by atoms with Crippen molar-refractivity contribution in [3.05, 3.63) is 59.1 Å². The maximum Gasteiger partial charge on any atom is 0.292 e. The number of pyridine rings is 1. The molecule has 3 heterocycles. The van der Waals surface area contributed by atoms with Crippen LogP contribution in [0.5, 0.6) is 0 Å². The molecule has 2 amide bonds. The molecule has 168 valence electrons. The van der Waals surface area contributed by atoms with E-state index in [0.29, 0.717) is 49.8 Å². The molecule has 0 aliphatic carbocycles. The fourth-order valence-electron chi connectivity index (χ4n) is 3.69. The van der Waals surface area contributed by atoms with Gasteiger partial charge in [-0.25, -0.2) is 4.98 Å². The summed E-state index contributed by atoms with van der Waals surface area (Å²) >= 11 is 0. The summed E-state index contributed by atoms with van der Waals surface area (Å²) in [6.07, 6.45) is 0.257. The van der Waals surface area contributed by atoms with Gasteiger partial charge >= 0.3 is 0 Å². The zero-order valence-corrected chi connectivity index (χ0v) is 18.6. The Morgan fingerprint density at radius 3 is 2.81 bits per heavy atom. The molecule has 1 fully saturated rings. The summed E-state index contributed by atoms with van der Waals surface area (Å²) in [5, 5.41) is 7.68. The van der Waals surface area contributed by atoms with Gasteiger partial charge in [0.1, 0.15) is 6.10 Å². The Morgan fingerprint density at radius 1 is 1.25 bits per heavy atom. The molecule has 0 bridgehead atoms. The number of morpholine rings is 1. The van der Waals surface area contributed by atoms with Crippen LogP contribution in [0.1, 0.15) is 59.2 Å². The van der Waals surface area contributed by atoms with Crippen LogP contribution in [0.15, 0.2) is 40.9 Å². The van der Waals surface area contributed by atoms with Crippen LogP contribution < -0.4 is 5.32 Å². The summed E-state index contributed by atoms with van der Waals surface area (Å²) in [6.45, 7) is 7.79. The number of aromatic nitrogens is 2. The largest absolute Gasteiger partial charge is 0.368 e. The monoisotopic (exact) mass is 436 g/mol. The smallest absolute Gasteiger partial charge is 0.292 e. The summed E-state index contributed by atoms with van der Waals surface area (Å²) in [5.41, 5.74) is 2.64. The Morgan fingerprint density at radius 2 is 2.06 bits per heavy atom.